The number of benzene rings is 2. The molecule has 0 spiro atoms. The minimum Gasteiger partial charge on any atom is -0.480 e. The lowest BCUT2D eigenvalue weighted by Crippen LogP contribution is -2.43. The molecule has 2 aromatic carbocycles. The number of carboxylic acids is 1. The molecule has 67 heavy (non-hydrogen) atoms. The van der Waals surface area contributed by atoms with E-state index < -0.39 is 52.3 Å². The summed E-state index contributed by atoms with van der Waals surface area (Å²) in [5, 5.41) is 14.6. The third-order valence-electron chi connectivity index (χ3n) is 9.67. The highest BCUT2D eigenvalue weighted by Crippen LogP contribution is 2.21. The summed E-state index contributed by atoms with van der Waals surface area (Å²) in [4.78, 5) is 73.1. The molecule has 0 fully saturated rings. The van der Waals surface area contributed by atoms with Crippen LogP contribution in [0.25, 0.3) is 11.1 Å². The van der Waals surface area contributed by atoms with Crippen LogP contribution in [0.2, 0.25) is 0 Å². The Morgan fingerprint density at radius 3 is 1.57 bits per heavy atom. The van der Waals surface area contributed by atoms with Gasteiger partial charge in [0, 0.05) is 51.9 Å². The normalized spacial score (nSPS) is 11.7. The monoisotopic (exact) mass is 968 g/mol. The number of aliphatic carboxylic acids is 1. The fourth-order valence-electron chi connectivity index (χ4n) is 6.04. The van der Waals surface area contributed by atoms with Crippen LogP contribution in [0.1, 0.15) is 40.5 Å². The van der Waals surface area contributed by atoms with E-state index in [1.807, 2.05) is 0 Å². The lowest BCUT2D eigenvalue weighted by molar-refractivity contribution is -0.139. The van der Waals surface area contributed by atoms with Crippen molar-refractivity contribution in [1.82, 2.24) is 19.8 Å². The average Bonchev–Trinajstić information content (AvgIpc) is 3.29. The molecule has 3 aromatic rings. The zero-order valence-corrected chi connectivity index (χ0v) is 39.2. The highest BCUT2D eigenvalue weighted by Gasteiger charge is 2.26. The number of rotatable bonds is 35. The molecule has 1 atom stereocenters. The third-order valence-corrected chi connectivity index (χ3v) is 10.4. The number of ether oxygens (including phenoxy) is 8. The first kappa shape index (κ1) is 56.4. The van der Waals surface area contributed by atoms with Crippen LogP contribution in [0.5, 0.6) is 0 Å². The Labute approximate surface area is 391 Å². The van der Waals surface area contributed by atoms with E-state index in [0.717, 1.165) is 16.7 Å². The molecule has 3 rings (SSSR count). The molecule has 0 saturated carbocycles. The molecule has 0 unspecified atom stereocenters. The second-order valence-corrected chi connectivity index (χ2v) is 15.9. The molecule has 0 bridgehead atoms. The number of thioether (sulfide) groups is 1. The molecule has 22 heteroatoms. The number of nitrogens with one attached hydrogen (secondary N) is 2. The molecule has 19 nitrogen and oxygen atoms in total. The number of halogens is 2. The number of hydrogen-bond acceptors (Lipinski definition) is 15. The van der Waals surface area contributed by atoms with Crippen molar-refractivity contribution in [3.05, 3.63) is 91.3 Å². The van der Waals surface area contributed by atoms with Crippen LogP contribution in [0.15, 0.2) is 46.0 Å². The first-order chi connectivity index (χ1) is 32.2. The van der Waals surface area contributed by atoms with Crippen molar-refractivity contribution in [2.45, 2.75) is 39.3 Å². The Morgan fingerprint density at radius 1 is 0.672 bits per heavy atom. The maximum atomic E-state index is 15.0. The Hall–Kier alpha value is -4.91. The summed E-state index contributed by atoms with van der Waals surface area (Å²) < 4.78 is 75.8. The minimum absolute atomic E-state index is 0.0316. The van der Waals surface area contributed by atoms with Gasteiger partial charge in [-0.3, -0.25) is 23.7 Å². The maximum absolute atomic E-state index is 15.0. The van der Waals surface area contributed by atoms with Gasteiger partial charge in [0.1, 0.15) is 23.2 Å². The van der Waals surface area contributed by atoms with Gasteiger partial charge in [-0.1, -0.05) is 36.0 Å². The van der Waals surface area contributed by atoms with Crippen LogP contribution >= 0.6 is 11.8 Å². The van der Waals surface area contributed by atoms with Crippen molar-refractivity contribution in [2.75, 3.05) is 111 Å². The van der Waals surface area contributed by atoms with Crippen molar-refractivity contribution in [1.29, 1.82) is 0 Å². The second-order valence-electron chi connectivity index (χ2n) is 14.6. The first-order valence-electron chi connectivity index (χ1n) is 21.6. The van der Waals surface area contributed by atoms with Gasteiger partial charge in [-0.2, -0.15) is 0 Å². The third kappa shape index (κ3) is 21.3. The van der Waals surface area contributed by atoms with Gasteiger partial charge in [-0.25, -0.2) is 18.4 Å². The SMILES string of the molecule is CC(=O)SCCOCCOCCOCCOCCOCCOCCOCCOCCC(=O)NCc1cc(F)c(C(=O)N[C@@H](Cc2ccc(-c3c(C)n(C)c(=O)n(C)c3=O)cc2)C(=O)O)c(F)c1. The summed E-state index contributed by atoms with van der Waals surface area (Å²) in [5.74, 6) is -5.03. The van der Waals surface area contributed by atoms with Crippen molar-refractivity contribution in [2.24, 2.45) is 14.1 Å². The summed E-state index contributed by atoms with van der Waals surface area (Å²) in [5.41, 5.74) is -0.292. The van der Waals surface area contributed by atoms with Crippen molar-refractivity contribution in [3.63, 3.8) is 0 Å². The quantitative estimate of drug-likeness (QED) is 0.0718. The van der Waals surface area contributed by atoms with E-state index in [1.165, 1.54) is 37.3 Å². The highest BCUT2D eigenvalue weighted by atomic mass is 32.2. The predicted molar refractivity (Wildman–Crippen MR) is 242 cm³/mol. The van der Waals surface area contributed by atoms with E-state index in [4.69, 9.17) is 37.9 Å². The molecule has 0 radical (unpaired) electrons. The summed E-state index contributed by atoms with van der Waals surface area (Å²) in [7, 11) is 2.89. The molecule has 0 aliphatic carbocycles. The summed E-state index contributed by atoms with van der Waals surface area (Å²) in [6.07, 6.45) is -0.280. The molecule has 372 valence electrons. The Kier molecular flexibility index (Phi) is 26.9. The van der Waals surface area contributed by atoms with Crippen LogP contribution in [0.4, 0.5) is 8.78 Å². The largest absolute Gasteiger partial charge is 0.480 e. The van der Waals surface area contributed by atoms with Crippen LogP contribution < -0.4 is 21.9 Å². The van der Waals surface area contributed by atoms with Crippen LogP contribution in [0.3, 0.4) is 0 Å². The lowest BCUT2D eigenvalue weighted by atomic mass is 10.00. The number of carbonyl (C=O) groups excluding carboxylic acids is 3. The van der Waals surface area contributed by atoms with Gasteiger partial charge in [0.15, 0.2) is 5.12 Å². The molecular weight excluding hydrogens is 907 g/mol. The smallest absolute Gasteiger partial charge is 0.330 e. The van der Waals surface area contributed by atoms with Gasteiger partial charge in [0.2, 0.25) is 5.91 Å². The molecular formula is C45H62F2N4O15S. The number of hydrogen-bond donors (Lipinski definition) is 3. The van der Waals surface area contributed by atoms with Crippen molar-refractivity contribution < 1.29 is 71.0 Å². The Morgan fingerprint density at radius 2 is 1.12 bits per heavy atom. The first-order valence-corrected chi connectivity index (χ1v) is 22.6. The van der Waals surface area contributed by atoms with Gasteiger partial charge < -0.3 is 58.2 Å². The second kappa shape index (κ2) is 32.0. The molecule has 0 aliphatic rings. The van der Waals surface area contributed by atoms with Gasteiger partial charge >= 0.3 is 11.7 Å². The number of carbonyl (C=O) groups is 4. The molecule has 1 aromatic heterocycles. The van der Waals surface area contributed by atoms with E-state index in [1.54, 1.807) is 31.2 Å². The van der Waals surface area contributed by atoms with E-state index in [9.17, 15) is 33.9 Å². The highest BCUT2D eigenvalue weighted by molar-refractivity contribution is 8.13. The fraction of sp³-hybridized carbons (Fsp3) is 0.556. The summed E-state index contributed by atoms with van der Waals surface area (Å²) in [6, 6.07) is 6.43. The molecule has 3 N–H and O–H groups in total. The molecule has 1 heterocycles. The average molecular weight is 969 g/mol. The zero-order valence-electron chi connectivity index (χ0n) is 38.4. The minimum atomic E-state index is -1.56. The van der Waals surface area contributed by atoms with E-state index in [2.05, 4.69) is 10.6 Å². The van der Waals surface area contributed by atoms with E-state index in [0.29, 0.717) is 108 Å². The van der Waals surface area contributed by atoms with E-state index in [-0.39, 0.29) is 55.4 Å². The lowest BCUT2D eigenvalue weighted by Gasteiger charge is -2.16. The van der Waals surface area contributed by atoms with Gasteiger partial charge in [-0.05, 0) is 35.7 Å². The number of aromatic nitrogens is 2. The van der Waals surface area contributed by atoms with Crippen molar-refractivity contribution in [3.8, 4) is 11.1 Å². The molecule has 0 saturated heterocycles. The zero-order chi connectivity index (χ0) is 49.0. The van der Waals surface area contributed by atoms with Gasteiger partial charge in [0.25, 0.3) is 11.5 Å². The summed E-state index contributed by atoms with van der Waals surface area (Å²) >= 11 is 1.24. The Bertz CT molecular complexity index is 2120. The van der Waals surface area contributed by atoms with Crippen LogP contribution in [-0.2, 0) is 79.3 Å². The Balaban J connectivity index is 1.20. The topological polar surface area (TPSA) is 230 Å². The van der Waals surface area contributed by atoms with E-state index >= 15 is 8.78 Å². The number of nitrogens with zero attached hydrogens (tertiary/aromatic N) is 2. The molecule has 0 aliphatic heterocycles. The van der Waals surface area contributed by atoms with Crippen molar-refractivity contribution >= 4 is 34.7 Å². The van der Waals surface area contributed by atoms with Gasteiger partial charge in [-0.15, -0.1) is 0 Å². The maximum Gasteiger partial charge on any atom is 0.330 e. The fourth-order valence-corrected chi connectivity index (χ4v) is 6.52. The predicted octanol–water partition coefficient (Wildman–Crippen LogP) is 2.18. The molecule has 2 amide bonds. The number of carboxylic acid groups (broad SMARTS) is 1. The summed E-state index contributed by atoms with van der Waals surface area (Å²) in [6.45, 7) is 9.05. The number of amides is 2. The standard InChI is InChI=1S/C45H62F2N4O15S/c1-31-40(43(55)51(4)45(58)50(31)3)35-7-5-33(6-8-35)29-38(44(56)57)49-42(54)41-36(46)27-34(28-37(41)47)30-48-39(53)9-10-59-11-12-60-13-14-61-15-16-62-17-18-63-19-20-64-21-22-65-23-24-66-25-26-67-32(2)52/h5-8,27-28,38H,9-26,29-30H2,1-4H3,(H,48,53)(H,49,54)(H,56,57)/t38-/m0/s1. The van der Waals surface area contributed by atoms with Gasteiger partial charge in [0.05, 0.1) is 111 Å². The van der Waals surface area contributed by atoms with Crippen LogP contribution in [0, 0.1) is 18.6 Å². The van der Waals surface area contributed by atoms with Crippen LogP contribution in [-0.4, -0.2) is 155 Å².